The maximum atomic E-state index is 14.4. The van der Waals surface area contributed by atoms with Gasteiger partial charge in [0.15, 0.2) is 0 Å². The number of hydrogen-bond donors (Lipinski definition) is 1. The molecule has 150 valence electrons. The first kappa shape index (κ1) is 20.1. The Kier molecular flexibility index (Phi) is 6.45. The zero-order valence-corrected chi connectivity index (χ0v) is 15.8. The number of aryl methyl sites for hydroxylation is 1. The standard InChI is InChI=1S/C19H24F2N6O/c1-2-3-4-5-6-16-10-26(25-24-16)11-19(28,12-27-14-22-13-23-27)17-8-7-15(20)9-18(17)21/h7-10,13-14,28H,2-6,11-12H2,1H3/t19-/m0/s1. The lowest BCUT2D eigenvalue weighted by Gasteiger charge is -2.28. The van der Waals surface area contributed by atoms with Crippen molar-refractivity contribution >= 4 is 0 Å². The van der Waals surface area contributed by atoms with Crippen molar-refractivity contribution < 1.29 is 13.9 Å². The van der Waals surface area contributed by atoms with Crippen molar-refractivity contribution in [3.8, 4) is 0 Å². The minimum Gasteiger partial charge on any atom is -0.381 e. The number of nitrogens with zero attached hydrogens (tertiary/aromatic N) is 6. The fourth-order valence-corrected chi connectivity index (χ4v) is 3.20. The molecule has 0 fully saturated rings. The zero-order valence-electron chi connectivity index (χ0n) is 15.8. The maximum absolute atomic E-state index is 14.4. The molecule has 28 heavy (non-hydrogen) atoms. The number of halogens is 2. The van der Waals surface area contributed by atoms with Crippen LogP contribution in [0.1, 0.15) is 43.9 Å². The third kappa shape index (κ3) is 4.98. The fourth-order valence-electron chi connectivity index (χ4n) is 3.20. The van der Waals surface area contributed by atoms with Gasteiger partial charge in [0.2, 0.25) is 0 Å². The van der Waals surface area contributed by atoms with Gasteiger partial charge in [0, 0.05) is 17.8 Å². The molecule has 0 radical (unpaired) electrons. The van der Waals surface area contributed by atoms with E-state index >= 15 is 0 Å². The van der Waals surface area contributed by atoms with Gasteiger partial charge in [-0.05, 0) is 18.9 Å². The number of unbranched alkanes of at least 4 members (excludes halogenated alkanes) is 3. The Morgan fingerprint density at radius 3 is 2.64 bits per heavy atom. The largest absolute Gasteiger partial charge is 0.381 e. The van der Waals surface area contributed by atoms with Crippen LogP contribution < -0.4 is 0 Å². The van der Waals surface area contributed by atoms with Crippen LogP contribution in [0.15, 0.2) is 37.1 Å². The molecule has 0 spiro atoms. The monoisotopic (exact) mass is 390 g/mol. The van der Waals surface area contributed by atoms with E-state index in [2.05, 4.69) is 27.3 Å². The molecule has 0 bridgehead atoms. The Morgan fingerprint density at radius 1 is 1.11 bits per heavy atom. The van der Waals surface area contributed by atoms with Crippen molar-refractivity contribution in [2.75, 3.05) is 0 Å². The molecule has 2 heterocycles. The summed E-state index contributed by atoms with van der Waals surface area (Å²) in [7, 11) is 0. The van der Waals surface area contributed by atoms with Gasteiger partial charge in [-0.25, -0.2) is 23.1 Å². The van der Waals surface area contributed by atoms with Crippen LogP contribution in [0.2, 0.25) is 0 Å². The first-order valence-electron chi connectivity index (χ1n) is 9.39. The van der Waals surface area contributed by atoms with E-state index < -0.39 is 17.2 Å². The summed E-state index contributed by atoms with van der Waals surface area (Å²) in [5.41, 5.74) is -0.929. The summed E-state index contributed by atoms with van der Waals surface area (Å²) in [4.78, 5) is 3.85. The average molecular weight is 390 g/mol. The molecule has 3 aromatic rings. The van der Waals surface area contributed by atoms with Gasteiger partial charge in [-0.3, -0.25) is 0 Å². The van der Waals surface area contributed by atoms with Crippen molar-refractivity contribution in [3.63, 3.8) is 0 Å². The van der Waals surface area contributed by atoms with E-state index in [1.165, 1.54) is 34.5 Å². The Morgan fingerprint density at radius 2 is 1.93 bits per heavy atom. The summed E-state index contributed by atoms with van der Waals surface area (Å²) >= 11 is 0. The first-order valence-corrected chi connectivity index (χ1v) is 9.39. The van der Waals surface area contributed by atoms with Crippen molar-refractivity contribution in [2.24, 2.45) is 0 Å². The summed E-state index contributed by atoms with van der Waals surface area (Å²) in [5.74, 6) is -1.54. The topological polar surface area (TPSA) is 81.7 Å². The van der Waals surface area contributed by atoms with Crippen LogP contribution in [-0.2, 0) is 25.1 Å². The van der Waals surface area contributed by atoms with Crippen molar-refractivity contribution in [1.29, 1.82) is 0 Å². The quantitative estimate of drug-likeness (QED) is 0.539. The van der Waals surface area contributed by atoms with Gasteiger partial charge in [-0.2, -0.15) is 5.10 Å². The first-order chi connectivity index (χ1) is 13.5. The van der Waals surface area contributed by atoms with Crippen LogP contribution in [-0.4, -0.2) is 34.9 Å². The van der Waals surface area contributed by atoms with Gasteiger partial charge >= 0.3 is 0 Å². The van der Waals surface area contributed by atoms with E-state index in [-0.39, 0.29) is 18.7 Å². The minimum absolute atomic E-state index is 0.0376. The van der Waals surface area contributed by atoms with Crippen LogP contribution in [0.3, 0.4) is 0 Å². The van der Waals surface area contributed by atoms with E-state index in [4.69, 9.17) is 0 Å². The third-order valence-electron chi connectivity index (χ3n) is 4.62. The summed E-state index contributed by atoms with van der Waals surface area (Å²) in [6.07, 6.45) is 9.77. The van der Waals surface area contributed by atoms with Crippen molar-refractivity contribution in [2.45, 2.75) is 57.7 Å². The molecule has 7 nitrogen and oxygen atoms in total. The van der Waals surface area contributed by atoms with Crippen LogP contribution >= 0.6 is 0 Å². The molecule has 0 unspecified atom stereocenters. The Hall–Kier alpha value is -2.68. The molecule has 0 aliphatic heterocycles. The van der Waals surface area contributed by atoms with E-state index in [0.717, 1.165) is 43.5 Å². The van der Waals surface area contributed by atoms with Gasteiger partial charge in [0.25, 0.3) is 0 Å². The number of aromatic nitrogens is 6. The Balaban J connectivity index is 1.81. The predicted octanol–water partition coefficient (Wildman–Crippen LogP) is 2.86. The molecule has 1 atom stereocenters. The molecule has 0 saturated heterocycles. The summed E-state index contributed by atoms with van der Waals surface area (Å²) in [6.45, 7) is 2.03. The van der Waals surface area contributed by atoms with Crippen LogP contribution in [0.25, 0.3) is 0 Å². The van der Waals surface area contributed by atoms with E-state index in [1.807, 2.05) is 0 Å². The SMILES string of the molecule is CCCCCCc1cn(C[C@](O)(Cn2cncn2)c2ccc(F)cc2F)nn1. The molecule has 1 N–H and O–H groups in total. The van der Waals surface area contributed by atoms with Gasteiger partial charge in [0.05, 0.1) is 18.8 Å². The lowest BCUT2D eigenvalue weighted by molar-refractivity contribution is -0.00891. The Bertz CT molecular complexity index is 882. The van der Waals surface area contributed by atoms with E-state index in [9.17, 15) is 13.9 Å². The minimum atomic E-state index is -1.71. The van der Waals surface area contributed by atoms with E-state index in [0.29, 0.717) is 0 Å². The number of hydrogen-bond acceptors (Lipinski definition) is 5. The van der Waals surface area contributed by atoms with Gasteiger partial charge in [-0.1, -0.05) is 37.5 Å². The lowest BCUT2D eigenvalue weighted by atomic mass is 9.93. The smallest absolute Gasteiger partial charge is 0.137 e. The zero-order chi connectivity index (χ0) is 20.0. The molecule has 0 saturated carbocycles. The van der Waals surface area contributed by atoms with Gasteiger partial charge in [0.1, 0.15) is 29.9 Å². The van der Waals surface area contributed by atoms with Crippen molar-refractivity contribution in [3.05, 3.63) is 59.9 Å². The highest BCUT2D eigenvalue weighted by atomic mass is 19.1. The summed E-state index contributed by atoms with van der Waals surface area (Å²) in [6, 6.07) is 3.11. The number of rotatable bonds is 10. The lowest BCUT2D eigenvalue weighted by Crippen LogP contribution is -2.37. The van der Waals surface area contributed by atoms with Crippen LogP contribution in [0.4, 0.5) is 8.78 Å². The highest BCUT2D eigenvalue weighted by molar-refractivity contribution is 5.25. The van der Waals surface area contributed by atoms with Gasteiger partial charge < -0.3 is 5.11 Å². The summed E-state index contributed by atoms with van der Waals surface area (Å²) in [5, 5.41) is 23.5. The van der Waals surface area contributed by atoms with Crippen LogP contribution in [0.5, 0.6) is 0 Å². The summed E-state index contributed by atoms with van der Waals surface area (Å²) < 4.78 is 30.6. The predicted molar refractivity (Wildman–Crippen MR) is 98.1 cm³/mol. The second kappa shape index (κ2) is 9.01. The molecule has 0 aliphatic carbocycles. The van der Waals surface area contributed by atoms with Crippen molar-refractivity contribution in [1.82, 2.24) is 29.8 Å². The normalized spacial score (nSPS) is 13.6. The highest BCUT2D eigenvalue weighted by Gasteiger charge is 2.34. The molecule has 1 aromatic carbocycles. The number of aliphatic hydroxyl groups is 1. The molecule has 2 aromatic heterocycles. The van der Waals surface area contributed by atoms with Crippen LogP contribution in [0, 0.1) is 11.6 Å². The van der Waals surface area contributed by atoms with E-state index in [1.54, 1.807) is 6.20 Å². The molecular formula is C19H24F2N6O. The second-order valence-electron chi connectivity index (χ2n) is 6.97. The number of benzene rings is 1. The molecular weight excluding hydrogens is 366 g/mol. The maximum Gasteiger partial charge on any atom is 0.137 e. The third-order valence-corrected chi connectivity index (χ3v) is 4.62. The Labute approximate surface area is 162 Å². The second-order valence-corrected chi connectivity index (χ2v) is 6.97. The molecule has 0 amide bonds. The van der Waals surface area contributed by atoms with Gasteiger partial charge in [-0.15, -0.1) is 5.10 Å². The molecule has 0 aliphatic rings. The highest BCUT2D eigenvalue weighted by Crippen LogP contribution is 2.28. The molecule has 9 heteroatoms. The average Bonchev–Trinajstić information content (AvgIpc) is 3.30. The molecule has 3 rings (SSSR count). The fraction of sp³-hybridized carbons (Fsp3) is 0.474.